The Morgan fingerprint density at radius 2 is 2.11 bits per heavy atom. The fourth-order valence-corrected chi connectivity index (χ4v) is 3.41. The van der Waals surface area contributed by atoms with Crippen molar-refractivity contribution < 1.29 is 14.9 Å². The Kier molecular flexibility index (Phi) is 3.03. The van der Waals surface area contributed by atoms with Crippen molar-refractivity contribution in [3.05, 3.63) is 28.2 Å². The fourth-order valence-electron chi connectivity index (χ4n) is 2.09. The molecule has 6 heteroatoms. The maximum Gasteiger partial charge on any atom is 0.138 e. The summed E-state index contributed by atoms with van der Waals surface area (Å²) in [7, 11) is 0. The molecule has 2 aromatic rings. The molecule has 0 radical (unpaired) electrons. The second-order valence-electron chi connectivity index (χ2n) is 4.41. The van der Waals surface area contributed by atoms with Crippen LogP contribution >= 0.6 is 22.9 Å². The van der Waals surface area contributed by atoms with E-state index in [0.29, 0.717) is 10.0 Å². The van der Waals surface area contributed by atoms with Gasteiger partial charge in [0.05, 0.1) is 16.3 Å². The van der Waals surface area contributed by atoms with E-state index < -0.39 is 18.3 Å². The first kappa shape index (κ1) is 12.3. The first-order valence-electron chi connectivity index (χ1n) is 5.64. The average Bonchev–Trinajstić information content (AvgIpc) is 2.85. The second kappa shape index (κ2) is 4.43. The number of aliphatic hydroxyl groups excluding tert-OH is 2. The molecule has 0 amide bonds. The molecule has 4 atom stereocenters. The lowest BCUT2D eigenvalue weighted by Crippen LogP contribution is -2.28. The number of fused-ring (bicyclic) bond motifs is 1. The van der Waals surface area contributed by atoms with Crippen molar-refractivity contribution >= 4 is 33.2 Å². The maximum absolute atomic E-state index is 9.93. The molecule has 0 saturated carbocycles. The summed E-state index contributed by atoms with van der Waals surface area (Å²) >= 11 is 7.35. The minimum absolute atomic E-state index is 0.388. The average molecular weight is 286 g/mol. The Morgan fingerprint density at radius 3 is 2.78 bits per heavy atom. The number of benzene rings is 1. The predicted octanol–water partition coefficient (Wildman–Crippen LogP) is 2.13. The number of aromatic nitrogens is 1. The Labute approximate surface area is 113 Å². The first-order valence-corrected chi connectivity index (χ1v) is 6.83. The van der Waals surface area contributed by atoms with E-state index in [9.17, 15) is 10.2 Å². The van der Waals surface area contributed by atoms with Crippen molar-refractivity contribution in [2.24, 2.45) is 0 Å². The van der Waals surface area contributed by atoms with Crippen molar-refractivity contribution in [1.82, 2.24) is 4.98 Å². The molecule has 0 spiro atoms. The molecule has 2 heterocycles. The lowest BCUT2D eigenvalue weighted by molar-refractivity contribution is 0.0151. The van der Waals surface area contributed by atoms with Gasteiger partial charge in [0, 0.05) is 5.02 Å². The molecule has 1 aliphatic rings. The molecule has 1 aromatic carbocycles. The van der Waals surface area contributed by atoms with Gasteiger partial charge in [0.1, 0.15) is 23.3 Å². The van der Waals surface area contributed by atoms with E-state index in [1.165, 1.54) is 11.3 Å². The molecule has 1 saturated heterocycles. The van der Waals surface area contributed by atoms with Gasteiger partial charge in [0.15, 0.2) is 0 Å². The molecule has 4 nitrogen and oxygen atoms in total. The highest BCUT2D eigenvalue weighted by Crippen LogP contribution is 2.37. The quantitative estimate of drug-likeness (QED) is 0.843. The summed E-state index contributed by atoms with van der Waals surface area (Å²) in [6, 6.07) is 5.44. The number of aliphatic hydroxyl groups is 2. The zero-order valence-electron chi connectivity index (χ0n) is 9.58. The molecule has 0 unspecified atom stereocenters. The Morgan fingerprint density at radius 1 is 1.33 bits per heavy atom. The van der Waals surface area contributed by atoms with Crippen LogP contribution in [0.15, 0.2) is 18.2 Å². The van der Waals surface area contributed by atoms with Gasteiger partial charge >= 0.3 is 0 Å². The van der Waals surface area contributed by atoms with E-state index in [1.807, 2.05) is 12.1 Å². The summed E-state index contributed by atoms with van der Waals surface area (Å²) in [6.07, 6.45) is -2.76. The van der Waals surface area contributed by atoms with Crippen LogP contribution in [0.4, 0.5) is 0 Å². The van der Waals surface area contributed by atoms with Gasteiger partial charge in [-0.1, -0.05) is 11.6 Å². The number of ether oxygens (including phenoxy) is 1. The molecular weight excluding hydrogens is 274 g/mol. The second-order valence-corrected chi connectivity index (χ2v) is 5.91. The van der Waals surface area contributed by atoms with Crippen LogP contribution in [0.2, 0.25) is 5.02 Å². The van der Waals surface area contributed by atoms with Crippen LogP contribution in [0.25, 0.3) is 10.2 Å². The highest BCUT2D eigenvalue weighted by atomic mass is 35.5. The minimum Gasteiger partial charge on any atom is -0.388 e. The van der Waals surface area contributed by atoms with E-state index >= 15 is 0 Å². The van der Waals surface area contributed by atoms with Crippen molar-refractivity contribution in [3.8, 4) is 0 Å². The molecule has 96 valence electrons. The Hall–Kier alpha value is -0.720. The number of halogens is 1. The SMILES string of the molecule is C[C@H]1O[C@@H](c2nc3ccc(Cl)cc3s2)[C@H](O)[C@H]1O. The van der Waals surface area contributed by atoms with E-state index in [0.717, 1.165) is 10.2 Å². The van der Waals surface area contributed by atoms with Crippen LogP contribution in [0.5, 0.6) is 0 Å². The van der Waals surface area contributed by atoms with Gasteiger partial charge in [0.2, 0.25) is 0 Å². The summed E-state index contributed by atoms with van der Waals surface area (Å²) in [5.41, 5.74) is 0.823. The molecule has 1 fully saturated rings. The third-order valence-corrected chi connectivity index (χ3v) is 4.43. The molecule has 1 aliphatic heterocycles. The lowest BCUT2D eigenvalue weighted by atomic mass is 10.1. The molecular formula is C12H12ClNO3S. The molecule has 2 N–H and O–H groups in total. The molecule has 0 bridgehead atoms. The summed E-state index contributed by atoms with van der Waals surface area (Å²) < 4.78 is 6.49. The van der Waals surface area contributed by atoms with Crippen LogP contribution in [0, 0.1) is 0 Å². The van der Waals surface area contributed by atoms with Crippen LogP contribution in [-0.2, 0) is 4.74 Å². The minimum atomic E-state index is -0.934. The van der Waals surface area contributed by atoms with Crippen LogP contribution in [-0.4, -0.2) is 33.5 Å². The van der Waals surface area contributed by atoms with E-state index in [1.54, 1.807) is 13.0 Å². The highest BCUT2D eigenvalue weighted by Gasteiger charge is 2.42. The van der Waals surface area contributed by atoms with Gasteiger partial charge in [-0.05, 0) is 25.1 Å². The van der Waals surface area contributed by atoms with E-state index in [4.69, 9.17) is 16.3 Å². The molecule has 1 aromatic heterocycles. The largest absolute Gasteiger partial charge is 0.388 e. The fraction of sp³-hybridized carbons (Fsp3) is 0.417. The van der Waals surface area contributed by atoms with Gasteiger partial charge < -0.3 is 14.9 Å². The van der Waals surface area contributed by atoms with Crippen molar-refractivity contribution in [2.45, 2.75) is 31.3 Å². The summed E-state index contributed by atoms with van der Waals surface area (Å²) in [5.74, 6) is 0. The standard InChI is InChI=1S/C12H12ClNO3S/c1-5-9(15)10(16)11(17-5)12-14-7-3-2-6(13)4-8(7)18-12/h2-5,9-11,15-16H,1H3/t5-,9+,10-,11-/m1/s1. The maximum atomic E-state index is 9.93. The van der Waals surface area contributed by atoms with Gasteiger partial charge in [-0.15, -0.1) is 11.3 Å². The van der Waals surface area contributed by atoms with E-state index in [-0.39, 0.29) is 6.10 Å². The van der Waals surface area contributed by atoms with Gasteiger partial charge in [-0.25, -0.2) is 4.98 Å². The third kappa shape index (κ3) is 1.92. The normalized spacial score (nSPS) is 32.2. The predicted molar refractivity (Wildman–Crippen MR) is 69.9 cm³/mol. The number of hydrogen-bond acceptors (Lipinski definition) is 5. The monoisotopic (exact) mass is 285 g/mol. The molecule has 0 aliphatic carbocycles. The number of thiazole rings is 1. The number of rotatable bonds is 1. The van der Waals surface area contributed by atoms with Crippen LogP contribution in [0.3, 0.4) is 0 Å². The van der Waals surface area contributed by atoms with Crippen molar-refractivity contribution in [3.63, 3.8) is 0 Å². The van der Waals surface area contributed by atoms with Gasteiger partial charge in [-0.3, -0.25) is 0 Å². The Bertz CT molecular complexity index is 588. The molecule has 3 rings (SSSR count). The topological polar surface area (TPSA) is 62.6 Å². The summed E-state index contributed by atoms with van der Waals surface area (Å²) in [4.78, 5) is 4.42. The summed E-state index contributed by atoms with van der Waals surface area (Å²) in [6.45, 7) is 1.73. The Balaban J connectivity index is 2.00. The van der Waals surface area contributed by atoms with Crippen molar-refractivity contribution in [1.29, 1.82) is 0 Å². The zero-order valence-corrected chi connectivity index (χ0v) is 11.1. The smallest absolute Gasteiger partial charge is 0.138 e. The van der Waals surface area contributed by atoms with Crippen LogP contribution < -0.4 is 0 Å². The third-order valence-electron chi connectivity index (χ3n) is 3.11. The lowest BCUT2D eigenvalue weighted by Gasteiger charge is -2.11. The first-order chi connectivity index (χ1) is 8.56. The summed E-state index contributed by atoms with van der Waals surface area (Å²) in [5, 5.41) is 20.9. The molecule has 18 heavy (non-hydrogen) atoms. The van der Waals surface area contributed by atoms with E-state index in [2.05, 4.69) is 4.98 Å². The number of nitrogens with zero attached hydrogens (tertiary/aromatic N) is 1. The van der Waals surface area contributed by atoms with Gasteiger partial charge in [0.25, 0.3) is 0 Å². The van der Waals surface area contributed by atoms with Crippen LogP contribution in [0.1, 0.15) is 18.0 Å². The van der Waals surface area contributed by atoms with Gasteiger partial charge in [-0.2, -0.15) is 0 Å². The highest BCUT2D eigenvalue weighted by molar-refractivity contribution is 7.18. The van der Waals surface area contributed by atoms with Crippen molar-refractivity contribution in [2.75, 3.05) is 0 Å². The number of hydrogen-bond donors (Lipinski definition) is 2. The zero-order chi connectivity index (χ0) is 12.9.